The molecule has 0 heterocycles. The van der Waals surface area contributed by atoms with Gasteiger partial charge >= 0.3 is 0 Å². The molecule has 96 valence electrons. The molecule has 0 aromatic heterocycles. The summed E-state index contributed by atoms with van der Waals surface area (Å²) in [4.78, 5) is 14.6. The molecule has 3 heteroatoms. The van der Waals surface area contributed by atoms with Crippen molar-refractivity contribution in [3.8, 4) is 0 Å². The molecule has 1 unspecified atom stereocenters. The second-order valence-corrected chi connectivity index (χ2v) is 5.36. The van der Waals surface area contributed by atoms with Crippen LogP contribution in [0.15, 0.2) is 24.3 Å². The normalized spacial score (nSPS) is 21.7. The van der Waals surface area contributed by atoms with E-state index >= 15 is 0 Å². The van der Waals surface area contributed by atoms with Gasteiger partial charge in [0.25, 0.3) is 0 Å². The van der Waals surface area contributed by atoms with E-state index in [0.29, 0.717) is 25.0 Å². The number of carbonyl (C=O) groups excluding carboxylic acids is 1. The van der Waals surface area contributed by atoms with Crippen LogP contribution in [-0.4, -0.2) is 29.9 Å². The van der Waals surface area contributed by atoms with Gasteiger partial charge in [-0.05, 0) is 36.8 Å². The van der Waals surface area contributed by atoms with Gasteiger partial charge in [-0.3, -0.25) is 4.79 Å². The molecule has 1 aromatic rings. The van der Waals surface area contributed by atoms with Crippen molar-refractivity contribution in [2.24, 2.45) is 5.73 Å². The van der Waals surface area contributed by atoms with Gasteiger partial charge in [0.15, 0.2) is 0 Å². The fraction of sp³-hybridized carbons (Fsp3) is 0.533. The molecule has 0 aliphatic heterocycles. The van der Waals surface area contributed by atoms with Gasteiger partial charge in [0.2, 0.25) is 5.91 Å². The summed E-state index contributed by atoms with van der Waals surface area (Å²) in [5, 5.41) is 0. The zero-order valence-electron chi connectivity index (χ0n) is 10.6. The number of fused-ring (bicyclic) bond motifs is 1. The van der Waals surface area contributed by atoms with E-state index in [1.807, 2.05) is 17.0 Å². The van der Waals surface area contributed by atoms with Crippen molar-refractivity contribution in [2.75, 3.05) is 13.1 Å². The van der Waals surface area contributed by atoms with Gasteiger partial charge in [0.05, 0.1) is 5.92 Å². The Bertz CT molecular complexity index is 454. The summed E-state index contributed by atoms with van der Waals surface area (Å²) in [7, 11) is 0. The molecule has 3 rings (SSSR count). The minimum atomic E-state index is 0.0911. The molecule has 2 aliphatic carbocycles. The van der Waals surface area contributed by atoms with Crippen LogP contribution in [0.5, 0.6) is 0 Å². The molecule has 0 radical (unpaired) electrons. The summed E-state index contributed by atoms with van der Waals surface area (Å²) < 4.78 is 0. The molecule has 2 N–H and O–H groups in total. The molecule has 0 bridgehead atoms. The molecule has 2 aliphatic rings. The smallest absolute Gasteiger partial charge is 0.230 e. The Balaban J connectivity index is 1.74. The Kier molecular flexibility index (Phi) is 3.08. The molecule has 0 spiro atoms. The fourth-order valence-electron chi connectivity index (χ4n) is 2.99. The Labute approximate surface area is 108 Å². The standard InChI is InChI=1S/C15H20N2O/c16-8-9-17(12-5-3-6-12)15(18)14-10-11-4-1-2-7-13(11)14/h1-2,4,7,12,14H,3,5-6,8-10,16H2. The zero-order valence-corrected chi connectivity index (χ0v) is 10.6. The molecule has 1 amide bonds. The van der Waals surface area contributed by atoms with Crippen LogP contribution >= 0.6 is 0 Å². The number of rotatable bonds is 4. The lowest BCUT2D eigenvalue weighted by molar-refractivity contribution is -0.137. The quantitative estimate of drug-likeness (QED) is 0.875. The Hall–Kier alpha value is -1.35. The number of benzene rings is 1. The summed E-state index contributed by atoms with van der Waals surface area (Å²) in [6, 6.07) is 8.73. The first-order chi connectivity index (χ1) is 8.81. The molecule has 1 fully saturated rings. The van der Waals surface area contributed by atoms with Crippen LogP contribution in [0.1, 0.15) is 36.3 Å². The van der Waals surface area contributed by atoms with E-state index in [2.05, 4.69) is 12.1 Å². The van der Waals surface area contributed by atoms with Crippen molar-refractivity contribution >= 4 is 5.91 Å². The van der Waals surface area contributed by atoms with E-state index in [0.717, 1.165) is 19.3 Å². The van der Waals surface area contributed by atoms with Gasteiger partial charge < -0.3 is 10.6 Å². The summed E-state index contributed by atoms with van der Waals surface area (Å²) in [6.45, 7) is 1.28. The van der Waals surface area contributed by atoms with Crippen molar-refractivity contribution < 1.29 is 4.79 Å². The van der Waals surface area contributed by atoms with Crippen molar-refractivity contribution in [3.63, 3.8) is 0 Å². The van der Waals surface area contributed by atoms with Crippen LogP contribution in [-0.2, 0) is 11.2 Å². The monoisotopic (exact) mass is 244 g/mol. The van der Waals surface area contributed by atoms with Crippen LogP contribution in [0.25, 0.3) is 0 Å². The SMILES string of the molecule is NCCN(C(=O)C1Cc2ccccc21)C1CCC1. The van der Waals surface area contributed by atoms with E-state index in [9.17, 15) is 4.79 Å². The van der Waals surface area contributed by atoms with Crippen LogP contribution < -0.4 is 5.73 Å². The lowest BCUT2D eigenvalue weighted by Crippen LogP contribution is -2.49. The van der Waals surface area contributed by atoms with Gasteiger partial charge in [-0.15, -0.1) is 0 Å². The van der Waals surface area contributed by atoms with Crippen molar-refractivity contribution in [1.29, 1.82) is 0 Å². The highest BCUT2D eigenvalue weighted by atomic mass is 16.2. The number of hydrogen-bond donors (Lipinski definition) is 1. The number of carbonyl (C=O) groups is 1. The lowest BCUT2D eigenvalue weighted by Gasteiger charge is -2.41. The van der Waals surface area contributed by atoms with Crippen LogP contribution in [0.2, 0.25) is 0 Å². The van der Waals surface area contributed by atoms with Crippen LogP contribution in [0, 0.1) is 0 Å². The first-order valence-electron chi connectivity index (χ1n) is 6.89. The summed E-state index contributed by atoms with van der Waals surface area (Å²) in [5.74, 6) is 0.386. The Morgan fingerprint density at radius 3 is 2.72 bits per heavy atom. The first-order valence-corrected chi connectivity index (χ1v) is 6.89. The topological polar surface area (TPSA) is 46.3 Å². The molecular weight excluding hydrogens is 224 g/mol. The second kappa shape index (κ2) is 4.73. The second-order valence-electron chi connectivity index (χ2n) is 5.36. The predicted molar refractivity (Wildman–Crippen MR) is 71.3 cm³/mol. The van der Waals surface area contributed by atoms with Gasteiger partial charge in [0.1, 0.15) is 0 Å². The van der Waals surface area contributed by atoms with Crippen molar-refractivity contribution in [3.05, 3.63) is 35.4 Å². The van der Waals surface area contributed by atoms with Crippen molar-refractivity contribution in [2.45, 2.75) is 37.6 Å². The van der Waals surface area contributed by atoms with E-state index < -0.39 is 0 Å². The minimum Gasteiger partial charge on any atom is -0.338 e. The average molecular weight is 244 g/mol. The maximum absolute atomic E-state index is 12.6. The third-order valence-electron chi connectivity index (χ3n) is 4.32. The predicted octanol–water partition coefficient (Wildman–Crippen LogP) is 1.67. The average Bonchev–Trinajstić information content (AvgIpc) is 2.27. The van der Waals surface area contributed by atoms with Crippen molar-refractivity contribution in [1.82, 2.24) is 4.90 Å². The first kappa shape index (κ1) is 11.7. The molecule has 1 saturated carbocycles. The largest absolute Gasteiger partial charge is 0.338 e. The molecular formula is C15H20N2O. The lowest BCUT2D eigenvalue weighted by atomic mass is 9.76. The van der Waals surface area contributed by atoms with Gasteiger partial charge in [-0.25, -0.2) is 0 Å². The highest BCUT2D eigenvalue weighted by molar-refractivity contribution is 5.87. The number of nitrogens with zero attached hydrogens (tertiary/aromatic N) is 1. The number of amides is 1. The Morgan fingerprint density at radius 1 is 1.33 bits per heavy atom. The molecule has 1 aromatic carbocycles. The highest BCUT2D eigenvalue weighted by Gasteiger charge is 2.38. The van der Waals surface area contributed by atoms with Crippen LogP contribution in [0.3, 0.4) is 0 Å². The van der Waals surface area contributed by atoms with E-state index in [4.69, 9.17) is 5.73 Å². The summed E-state index contributed by atoms with van der Waals surface area (Å²) in [5.41, 5.74) is 8.20. The number of hydrogen-bond acceptors (Lipinski definition) is 2. The molecule has 0 saturated heterocycles. The van der Waals surface area contributed by atoms with E-state index in [1.165, 1.54) is 17.5 Å². The highest BCUT2D eigenvalue weighted by Crippen LogP contribution is 2.38. The molecule has 1 atom stereocenters. The van der Waals surface area contributed by atoms with Gasteiger partial charge in [-0.2, -0.15) is 0 Å². The molecule has 3 nitrogen and oxygen atoms in total. The zero-order chi connectivity index (χ0) is 12.5. The maximum atomic E-state index is 12.6. The third kappa shape index (κ3) is 1.83. The van der Waals surface area contributed by atoms with E-state index in [-0.39, 0.29) is 5.92 Å². The maximum Gasteiger partial charge on any atom is 0.230 e. The fourth-order valence-corrected chi connectivity index (χ4v) is 2.99. The summed E-state index contributed by atoms with van der Waals surface area (Å²) >= 11 is 0. The third-order valence-corrected chi connectivity index (χ3v) is 4.32. The van der Waals surface area contributed by atoms with Crippen LogP contribution in [0.4, 0.5) is 0 Å². The molecule has 18 heavy (non-hydrogen) atoms. The van der Waals surface area contributed by atoms with E-state index in [1.54, 1.807) is 0 Å². The minimum absolute atomic E-state index is 0.0911. The van der Waals surface area contributed by atoms with Gasteiger partial charge in [-0.1, -0.05) is 24.3 Å². The summed E-state index contributed by atoms with van der Waals surface area (Å²) in [6.07, 6.45) is 4.46. The number of nitrogens with two attached hydrogens (primary N) is 1. The van der Waals surface area contributed by atoms with Gasteiger partial charge in [0, 0.05) is 19.1 Å². The Morgan fingerprint density at radius 2 is 2.11 bits per heavy atom.